The highest BCUT2D eigenvalue weighted by molar-refractivity contribution is 7.91. The van der Waals surface area contributed by atoms with Gasteiger partial charge in [-0.05, 0) is 72.0 Å². The van der Waals surface area contributed by atoms with Gasteiger partial charge in [-0.15, -0.1) is 0 Å². The summed E-state index contributed by atoms with van der Waals surface area (Å²) in [5, 5.41) is 14.4. The summed E-state index contributed by atoms with van der Waals surface area (Å²) < 4.78 is 30.2. The highest BCUT2D eigenvalue weighted by Crippen LogP contribution is 2.30. The largest absolute Gasteiger partial charge is 0.477 e. The number of aromatic nitrogens is 1. The fourth-order valence-electron chi connectivity index (χ4n) is 4.65. The fourth-order valence-corrected chi connectivity index (χ4v) is 5.53. The van der Waals surface area contributed by atoms with Crippen LogP contribution in [-0.2, 0) is 9.84 Å². The van der Waals surface area contributed by atoms with Crippen LogP contribution < -0.4 is 10.1 Å². The van der Waals surface area contributed by atoms with Gasteiger partial charge in [-0.3, -0.25) is 4.79 Å². The SMILES string of the molecule is CCS(=O)(=O)c1ccc([C@H](CO)NC(=O)c2ccc3c(OCC4CCC(C)CC4)nccc3c2)cc1. The van der Waals surface area contributed by atoms with Crippen LogP contribution in [0.25, 0.3) is 10.8 Å². The molecule has 1 saturated carbocycles. The van der Waals surface area contributed by atoms with Gasteiger partial charge in [-0.2, -0.15) is 0 Å². The Kier molecular flexibility index (Phi) is 8.26. The molecule has 1 fully saturated rings. The molecule has 192 valence electrons. The van der Waals surface area contributed by atoms with Gasteiger partial charge in [-0.1, -0.05) is 38.8 Å². The number of hydrogen-bond donors (Lipinski definition) is 2. The van der Waals surface area contributed by atoms with Crippen molar-refractivity contribution in [2.45, 2.75) is 50.5 Å². The van der Waals surface area contributed by atoms with E-state index < -0.39 is 15.9 Å². The third-order valence-corrected chi connectivity index (χ3v) is 8.84. The molecule has 2 N–H and O–H groups in total. The normalized spacial score (nSPS) is 19.1. The topological polar surface area (TPSA) is 106 Å². The van der Waals surface area contributed by atoms with Crippen molar-refractivity contribution >= 4 is 26.5 Å². The molecule has 1 aliphatic rings. The molecule has 3 aromatic rings. The van der Waals surface area contributed by atoms with E-state index in [0.717, 1.165) is 16.7 Å². The number of aliphatic hydroxyl groups is 1. The standard InChI is InChI=1S/C28H34N2O5S/c1-3-36(33,34)24-11-8-21(9-12-24)26(17-31)30-27(32)23-10-13-25-22(16-23)14-15-29-28(25)35-18-20-6-4-19(2)5-7-20/h8-16,19-20,26,31H,3-7,17-18H2,1-2H3,(H,30,32)/t19?,20?,26-/m0/s1. The van der Waals surface area contributed by atoms with Crippen LogP contribution in [0.1, 0.15) is 61.5 Å². The summed E-state index contributed by atoms with van der Waals surface area (Å²) in [6.07, 6.45) is 6.53. The zero-order valence-electron chi connectivity index (χ0n) is 20.8. The Bertz CT molecular complexity index is 1300. The van der Waals surface area contributed by atoms with Crippen molar-refractivity contribution in [2.24, 2.45) is 11.8 Å². The molecule has 4 rings (SSSR count). The molecule has 0 saturated heterocycles. The molecule has 1 aliphatic carbocycles. The average molecular weight is 511 g/mol. The molecule has 1 heterocycles. The first-order chi connectivity index (χ1) is 17.3. The lowest BCUT2D eigenvalue weighted by atomic mass is 9.83. The van der Waals surface area contributed by atoms with Gasteiger partial charge in [0.05, 0.1) is 29.9 Å². The number of sulfone groups is 1. The number of fused-ring (bicyclic) bond motifs is 1. The van der Waals surface area contributed by atoms with Gasteiger partial charge in [0.2, 0.25) is 5.88 Å². The zero-order chi connectivity index (χ0) is 25.7. The van der Waals surface area contributed by atoms with Crippen LogP contribution >= 0.6 is 0 Å². The second-order valence-corrected chi connectivity index (χ2v) is 11.9. The van der Waals surface area contributed by atoms with Crippen molar-refractivity contribution in [1.29, 1.82) is 0 Å². The fraction of sp³-hybridized carbons (Fsp3) is 0.429. The van der Waals surface area contributed by atoms with E-state index in [1.807, 2.05) is 12.1 Å². The monoisotopic (exact) mass is 510 g/mol. The lowest BCUT2D eigenvalue weighted by Gasteiger charge is -2.26. The van der Waals surface area contributed by atoms with E-state index >= 15 is 0 Å². The molecule has 1 aromatic heterocycles. The highest BCUT2D eigenvalue weighted by atomic mass is 32.2. The van der Waals surface area contributed by atoms with E-state index in [1.54, 1.807) is 37.4 Å². The molecule has 0 aliphatic heterocycles. The molecule has 8 heteroatoms. The molecule has 0 bridgehead atoms. The zero-order valence-corrected chi connectivity index (χ0v) is 21.6. The Hall–Kier alpha value is -2.97. The number of carbonyl (C=O) groups is 1. The van der Waals surface area contributed by atoms with Gasteiger partial charge < -0.3 is 15.2 Å². The molecular weight excluding hydrogens is 476 g/mol. The predicted octanol–water partition coefficient (Wildman–Crippen LogP) is 4.70. The summed E-state index contributed by atoms with van der Waals surface area (Å²) >= 11 is 0. The van der Waals surface area contributed by atoms with Crippen molar-refractivity contribution in [3.63, 3.8) is 0 Å². The van der Waals surface area contributed by atoms with Gasteiger partial charge in [0, 0.05) is 17.1 Å². The smallest absolute Gasteiger partial charge is 0.251 e. The predicted molar refractivity (Wildman–Crippen MR) is 140 cm³/mol. The first kappa shape index (κ1) is 26.1. The van der Waals surface area contributed by atoms with E-state index in [-0.39, 0.29) is 23.2 Å². The van der Waals surface area contributed by atoms with Gasteiger partial charge in [-0.25, -0.2) is 13.4 Å². The van der Waals surface area contributed by atoms with E-state index in [9.17, 15) is 18.3 Å². The number of ether oxygens (including phenoxy) is 1. The minimum atomic E-state index is -3.32. The molecule has 2 aromatic carbocycles. The quantitative estimate of drug-likeness (QED) is 0.432. The van der Waals surface area contributed by atoms with E-state index in [1.165, 1.54) is 37.8 Å². The number of pyridine rings is 1. The number of benzene rings is 2. The van der Waals surface area contributed by atoms with Crippen molar-refractivity contribution in [2.75, 3.05) is 19.0 Å². The Labute approximate surface area is 212 Å². The number of amides is 1. The summed E-state index contributed by atoms with van der Waals surface area (Å²) in [6.45, 7) is 4.22. The summed E-state index contributed by atoms with van der Waals surface area (Å²) in [5.41, 5.74) is 1.07. The van der Waals surface area contributed by atoms with Crippen LogP contribution in [0.15, 0.2) is 59.6 Å². The molecule has 0 unspecified atom stereocenters. The Morgan fingerprint density at radius 3 is 2.50 bits per heavy atom. The maximum atomic E-state index is 13.0. The highest BCUT2D eigenvalue weighted by Gasteiger charge is 2.20. The van der Waals surface area contributed by atoms with Crippen molar-refractivity contribution in [3.8, 4) is 5.88 Å². The number of carbonyl (C=O) groups excluding carboxylic acids is 1. The Morgan fingerprint density at radius 1 is 1.11 bits per heavy atom. The Morgan fingerprint density at radius 2 is 1.83 bits per heavy atom. The van der Waals surface area contributed by atoms with Gasteiger partial charge in [0.15, 0.2) is 9.84 Å². The van der Waals surface area contributed by atoms with Gasteiger partial charge in [0.25, 0.3) is 5.91 Å². The Balaban J connectivity index is 1.45. The molecule has 0 spiro atoms. The average Bonchev–Trinajstić information content (AvgIpc) is 2.91. The van der Waals surface area contributed by atoms with E-state index in [0.29, 0.717) is 29.5 Å². The number of aliphatic hydroxyl groups excluding tert-OH is 1. The lowest BCUT2D eigenvalue weighted by molar-refractivity contribution is 0.0916. The summed E-state index contributed by atoms with van der Waals surface area (Å²) in [7, 11) is -3.32. The summed E-state index contributed by atoms with van der Waals surface area (Å²) in [4.78, 5) is 17.6. The van der Waals surface area contributed by atoms with Gasteiger partial charge >= 0.3 is 0 Å². The minimum Gasteiger partial charge on any atom is -0.477 e. The first-order valence-corrected chi connectivity index (χ1v) is 14.2. The maximum Gasteiger partial charge on any atom is 0.251 e. The van der Waals surface area contributed by atoms with Crippen LogP contribution in [0, 0.1) is 11.8 Å². The first-order valence-electron chi connectivity index (χ1n) is 12.6. The van der Waals surface area contributed by atoms with Crippen molar-refractivity contribution in [1.82, 2.24) is 10.3 Å². The van der Waals surface area contributed by atoms with Crippen LogP contribution in [0.5, 0.6) is 5.88 Å². The molecule has 1 amide bonds. The number of nitrogens with zero attached hydrogens (tertiary/aromatic N) is 1. The second kappa shape index (κ2) is 11.4. The molecule has 1 atom stereocenters. The summed E-state index contributed by atoms with van der Waals surface area (Å²) in [5.74, 6) is 1.60. The van der Waals surface area contributed by atoms with Crippen LogP contribution in [0.3, 0.4) is 0 Å². The van der Waals surface area contributed by atoms with Crippen LogP contribution in [0.4, 0.5) is 0 Å². The summed E-state index contributed by atoms with van der Waals surface area (Å²) in [6, 6.07) is 12.8. The van der Waals surface area contributed by atoms with Crippen LogP contribution in [0.2, 0.25) is 0 Å². The number of nitrogens with one attached hydrogen (secondary N) is 1. The van der Waals surface area contributed by atoms with Crippen LogP contribution in [-0.4, -0.2) is 43.4 Å². The molecular formula is C28H34N2O5S. The van der Waals surface area contributed by atoms with Gasteiger partial charge in [0.1, 0.15) is 0 Å². The molecule has 36 heavy (non-hydrogen) atoms. The third-order valence-electron chi connectivity index (χ3n) is 7.09. The van der Waals surface area contributed by atoms with E-state index in [4.69, 9.17) is 4.74 Å². The number of hydrogen-bond acceptors (Lipinski definition) is 6. The maximum absolute atomic E-state index is 13.0. The minimum absolute atomic E-state index is 0.0105. The second-order valence-electron chi connectivity index (χ2n) is 9.67. The van der Waals surface area contributed by atoms with Crippen molar-refractivity contribution < 1.29 is 23.1 Å². The number of rotatable bonds is 9. The lowest BCUT2D eigenvalue weighted by Crippen LogP contribution is -2.30. The molecule has 7 nitrogen and oxygen atoms in total. The van der Waals surface area contributed by atoms with E-state index in [2.05, 4.69) is 17.2 Å². The third kappa shape index (κ3) is 6.05. The molecule has 0 radical (unpaired) electrons. The van der Waals surface area contributed by atoms with Crippen molar-refractivity contribution in [3.05, 3.63) is 65.9 Å².